The largest absolute Gasteiger partial charge is 0.388 e. The van der Waals surface area contributed by atoms with E-state index in [1.807, 2.05) is 12.1 Å². The summed E-state index contributed by atoms with van der Waals surface area (Å²) in [6.07, 6.45) is 0. The Morgan fingerprint density at radius 2 is 1.89 bits per heavy atom. The molecule has 1 amide bonds. The Labute approximate surface area is 115 Å². The van der Waals surface area contributed by atoms with Gasteiger partial charge in [-0.25, -0.2) is 4.39 Å². The third-order valence-corrected chi connectivity index (χ3v) is 2.90. The van der Waals surface area contributed by atoms with Crippen molar-refractivity contribution in [2.75, 3.05) is 17.7 Å². The number of benzene rings is 2. The number of amides is 1. The van der Waals surface area contributed by atoms with E-state index in [9.17, 15) is 9.18 Å². The maximum absolute atomic E-state index is 12.9. The van der Waals surface area contributed by atoms with E-state index in [1.54, 1.807) is 19.2 Å². The lowest BCUT2D eigenvalue weighted by Crippen LogP contribution is -2.12. The Morgan fingerprint density at radius 1 is 1.16 bits per heavy atom. The van der Waals surface area contributed by atoms with Crippen LogP contribution >= 0.6 is 11.6 Å². The Balaban J connectivity index is 2.20. The Hall–Kier alpha value is -2.07. The Morgan fingerprint density at radius 3 is 2.58 bits per heavy atom. The second kappa shape index (κ2) is 5.71. The maximum Gasteiger partial charge on any atom is 0.257 e. The van der Waals surface area contributed by atoms with Gasteiger partial charge < -0.3 is 10.6 Å². The summed E-state index contributed by atoms with van der Waals surface area (Å²) in [6.45, 7) is 0. The molecule has 0 aliphatic heterocycles. The van der Waals surface area contributed by atoms with E-state index in [-0.39, 0.29) is 16.5 Å². The third kappa shape index (κ3) is 3.23. The first-order valence-corrected chi connectivity index (χ1v) is 6.02. The zero-order chi connectivity index (χ0) is 13.8. The number of hydrogen-bond donors (Lipinski definition) is 2. The normalized spacial score (nSPS) is 10.1. The SMILES string of the molecule is CNc1cccc(NC(=O)c2ccc(F)cc2Cl)c1. The molecular weight excluding hydrogens is 267 g/mol. The van der Waals surface area contributed by atoms with Crippen molar-refractivity contribution in [3.63, 3.8) is 0 Å². The summed E-state index contributed by atoms with van der Waals surface area (Å²) < 4.78 is 12.9. The number of halogens is 2. The average Bonchev–Trinajstić information content (AvgIpc) is 2.38. The minimum absolute atomic E-state index is 0.0854. The summed E-state index contributed by atoms with van der Waals surface area (Å²) in [5, 5.41) is 5.77. The molecule has 0 aliphatic carbocycles. The Kier molecular flexibility index (Phi) is 4.02. The third-order valence-electron chi connectivity index (χ3n) is 2.58. The van der Waals surface area contributed by atoms with Gasteiger partial charge in [-0.2, -0.15) is 0 Å². The van der Waals surface area contributed by atoms with Crippen molar-refractivity contribution < 1.29 is 9.18 Å². The van der Waals surface area contributed by atoms with E-state index in [2.05, 4.69) is 10.6 Å². The van der Waals surface area contributed by atoms with Crippen LogP contribution in [0.2, 0.25) is 5.02 Å². The summed E-state index contributed by atoms with van der Waals surface area (Å²) in [5.41, 5.74) is 1.75. The van der Waals surface area contributed by atoms with Crippen LogP contribution in [0.15, 0.2) is 42.5 Å². The van der Waals surface area contributed by atoms with Gasteiger partial charge >= 0.3 is 0 Å². The van der Waals surface area contributed by atoms with Crippen LogP contribution < -0.4 is 10.6 Å². The molecule has 0 bridgehead atoms. The van der Waals surface area contributed by atoms with E-state index in [4.69, 9.17) is 11.6 Å². The van der Waals surface area contributed by atoms with Gasteiger partial charge in [0.1, 0.15) is 5.82 Å². The second-order valence-corrected chi connectivity index (χ2v) is 4.32. The molecule has 0 saturated carbocycles. The van der Waals surface area contributed by atoms with Gasteiger partial charge in [-0.3, -0.25) is 4.79 Å². The number of carbonyl (C=O) groups excluding carboxylic acids is 1. The summed E-state index contributed by atoms with van der Waals surface area (Å²) >= 11 is 5.84. The predicted molar refractivity (Wildman–Crippen MR) is 75.4 cm³/mol. The molecule has 2 aromatic carbocycles. The van der Waals surface area contributed by atoms with Crippen LogP contribution in [0.1, 0.15) is 10.4 Å². The first kappa shape index (κ1) is 13.4. The maximum atomic E-state index is 12.9. The quantitative estimate of drug-likeness (QED) is 0.897. The number of rotatable bonds is 3. The van der Waals surface area contributed by atoms with Crippen LogP contribution in [0.5, 0.6) is 0 Å². The monoisotopic (exact) mass is 278 g/mol. The molecule has 19 heavy (non-hydrogen) atoms. The van der Waals surface area contributed by atoms with Crippen molar-refractivity contribution >= 4 is 28.9 Å². The molecular formula is C14H12ClFN2O. The highest BCUT2D eigenvalue weighted by atomic mass is 35.5. The van der Waals surface area contributed by atoms with Gasteiger partial charge in [-0.05, 0) is 36.4 Å². The van der Waals surface area contributed by atoms with E-state index in [1.165, 1.54) is 12.1 Å². The lowest BCUT2D eigenvalue weighted by atomic mass is 10.2. The van der Waals surface area contributed by atoms with Crippen molar-refractivity contribution in [1.82, 2.24) is 0 Å². The minimum Gasteiger partial charge on any atom is -0.388 e. The van der Waals surface area contributed by atoms with E-state index in [0.717, 1.165) is 11.8 Å². The predicted octanol–water partition coefficient (Wildman–Crippen LogP) is 3.77. The van der Waals surface area contributed by atoms with Gasteiger partial charge in [0, 0.05) is 18.4 Å². The smallest absolute Gasteiger partial charge is 0.257 e. The van der Waals surface area contributed by atoms with Crippen LogP contribution in [0.4, 0.5) is 15.8 Å². The highest BCUT2D eigenvalue weighted by Gasteiger charge is 2.11. The fourth-order valence-corrected chi connectivity index (χ4v) is 1.88. The number of carbonyl (C=O) groups is 1. The lowest BCUT2D eigenvalue weighted by Gasteiger charge is -2.08. The van der Waals surface area contributed by atoms with Crippen LogP contribution in [0.25, 0.3) is 0 Å². The molecule has 0 unspecified atom stereocenters. The molecule has 0 radical (unpaired) electrons. The van der Waals surface area contributed by atoms with Gasteiger partial charge in [0.15, 0.2) is 0 Å². The molecule has 0 heterocycles. The van der Waals surface area contributed by atoms with Crippen molar-refractivity contribution in [3.05, 3.63) is 58.9 Å². The highest BCUT2D eigenvalue weighted by molar-refractivity contribution is 6.34. The van der Waals surface area contributed by atoms with Gasteiger partial charge in [-0.15, -0.1) is 0 Å². The van der Waals surface area contributed by atoms with Crippen LogP contribution in [0, 0.1) is 5.82 Å². The minimum atomic E-state index is -0.473. The molecule has 5 heteroatoms. The molecule has 0 fully saturated rings. The van der Waals surface area contributed by atoms with Gasteiger partial charge in [0.25, 0.3) is 5.91 Å². The van der Waals surface area contributed by atoms with E-state index >= 15 is 0 Å². The first-order chi connectivity index (χ1) is 9.10. The van der Waals surface area contributed by atoms with Gasteiger partial charge in [0.05, 0.1) is 10.6 Å². The van der Waals surface area contributed by atoms with E-state index < -0.39 is 5.82 Å². The summed E-state index contributed by atoms with van der Waals surface area (Å²) in [5.74, 6) is -0.850. The zero-order valence-electron chi connectivity index (χ0n) is 10.2. The molecule has 2 aromatic rings. The van der Waals surface area contributed by atoms with Gasteiger partial charge in [0.2, 0.25) is 0 Å². The van der Waals surface area contributed by atoms with E-state index in [0.29, 0.717) is 5.69 Å². The number of anilines is 2. The molecule has 3 nitrogen and oxygen atoms in total. The molecule has 2 rings (SSSR count). The molecule has 0 saturated heterocycles. The van der Waals surface area contributed by atoms with Crippen molar-refractivity contribution in [2.45, 2.75) is 0 Å². The number of nitrogens with one attached hydrogen (secondary N) is 2. The molecule has 0 spiro atoms. The summed E-state index contributed by atoms with van der Waals surface area (Å²) in [7, 11) is 1.79. The molecule has 98 valence electrons. The fraction of sp³-hybridized carbons (Fsp3) is 0.0714. The standard InChI is InChI=1S/C14H12ClFN2O/c1-17-10-3-2-4-11(8-10)18-14(19)12-6-5-9(16)7-13(12)15/h2-8,17H,1H3,(H,18,19). The molecule has 2 N–H and O–H groups in total. The topological polar surface area (TPSA) is 41.1 Å². The second-order valence-electron chi connectivity index (χ2n) is 3.91. The highest BCUT2D eigenvalue weighted by Crippen LogP contribution is 2.20. The average molecular weight is 279 g/mol. The molecule has 0 atom stereocenters. The van der Waals surface area contributed by atoms with Crippen molar-refractivity contribution in [2.24, 2.45) is 0 Å². The number of hydrogen-bond acceptors (Lipinski definition) is 2. The summed E-state index contributed by atoms with van der Waals surface area (Å²) in [6, 6.07) is 10.9. The fourth-order valence-electron chi connectivity index (χ4n) is 1.62. The van der Waals surface area contributed by atoms with Crippen LogP contribution in [-0.4, -0.2) is 13.0 Å². The molecule has 0 aliphatic rings. The zero-order valence-corrected chi connectivity index (χ0v) is 11.0. The van der Waals surface area contributed by atoms with Crippen molar-refractivity contribution in [1.29, 1.82) is 0 Å². The Bertz CT molecular complexity index is 616. The summed E-state index contributed by atoms with van der Waals surface area (Å²) in [4.78, 5) is 12.0. The van der Waals surface area contributed by atoms with Crippen molar-refractivity contribution in [3.8, 4) is 0 Å². The van der Waals surface area contributed by atoms with Gasteiger partial charge in [-0.1, -0.05) is 17.7 Å². The lowest BCUT2D eigenvalue weighted by molar-refractivity contribution is 0.102. The first-order valence-electron chi connectivity index (χ1n) is 5.64. The van der Waals surface area contributed by atoms with Crippen LogP contribution in [0.3, 0.4) is 0 Å². The molecule has 0 aromatic heterocycles. The van der Waals surface area contributed by atoms with Crippen LogP contribution in [-0.2, 0) is 0 Å².